The maximum absolute atomic E-state index is 11.6. The van der Waals surface area contributed by atoms with E-state index in [9.17, 15) is 9.90 Å². The van der Waals surface area contributed by atoms with Crippen LogP contribution < -0.4 is 0 Å². The first-order valence-corrected chi connectivity index (χ1v) is 8.50. The van der Waals surface area contributed by atoms with Gasteiger partial charge in [-0.05, 0) is 37.6 Å². The van der Waals surface area contributed by atoms with Crippen LogP contribution in [0.4, 0.5) is 0 Å². The Hall–Kier alpha value is -0.570. The third-order valence-corrected chi connectivity index (χ3v) is 5.06. The molecule has 3 nitrogen and oxygen atoms in total. The molecule has 0 aromatic carbocycles. The summed E-state index contributed by atoms with van der Waals surface area (Å²) in [6.45, 7) is 10.9. The lowest BCUT2D eigenvalue weighted by Gasteiger charge is -2.41. The normalized spacial score (nSPS) is 28.6. The fourth-order valence-electron chi connectivity index (χ4n) is 3.62. The van der Waals surface area contributed by atoms with Gasteiger partial charge in [-0.15, -0.1) is 0 Å². The molecule has 0 saturated heterocycles. The number of hydrogen-bond acceptors (Lipinski definition) is 2. The minimum Gasteiger partial charge on any atom is -0.481 e. The number of rotatable bonds is 8. The Morgan fingerprint density at radius 2 is 2.00 bits per heavy atom. The van der Waals surface area contributed by atoms with Crippen LogP contribution in [0.2, 0.25) is 0 Å². The van der Waals surface area contributed by atoms with Crippen molar-refractivity contribution in [2.45, 2.75) is 72.3 Å². The smallest absolute Gasteiger partial charge is 0.308 e. The number of carboxylic acid groups (broad SMARTS) is 1. The van der Waals surface area contributed by atoms with Crippen LogP contribution in [0.1, 0.15) is 66.2 Å². The molecule has 1 fully saturated rings. The van der Waals surface area contributed by atoms with E-state index in [1.165, 1.54) is 19.3 Å². The SMILES string of the molecule is CCCC1CCC(C(=O)O)C(N(CC)CC(C)CC)C1. The van der Waals surface area contributed by atoms with E-state index in [1.54, 1.807) is 0 Å². The van der Waals surface area contributed by atoms with Crippen LogP contribution in [0.25, 0.3) is 0 Å². The van der Waals surface area contributed by atoms with Gasteiger partial charge >= 0.3 is 5.97 Å². The van der Waals surface area contributed by atoms with Crippen molar-refractivity contribution in [1.82, 2.24) is 4.90 Å². The average Bonchev–Trinajstić information content (AvgIpc) is 2.44. The third-order valence-electron chi connectivity index (χ3n) is 5.06. The fraction of sp³-hybridized carbons (Fsp3) is 0.941. The lowest BCUT2D eigenvalue weighted by molar-refractivity contribution is -0.146. The topological polar surface area (TPSA) is 40.5 Å². The largest absolute Gasteiger partial charge is 0.481 e. The highest BCUT2D eigenvalue weighted by atomic mass is 16.4. The molecular formula is C17H33NO2. The Kier molecular flexibility index (Phi) is 7.57. The highest BCUT2D eigenvalue weighted by Gasteiger charge is 2.37. The second-order valence-corrected chi connectivity index (χ2v) is 6.58. The summed E-state index contributed by atoms with van der Waals surface area (Å²) in [5.41, 5.74) is 0. The van der Waals surface area contributed by atoms with Gasteiger partial charge in [0.2, 0.25) is 0 Å². The van der Waals surface area contributed by atoms with Crippen LogP contribution in [0, 0.1) is 17.8 Å². The van der Waals surface area contributed by atoms with Crippen molar-refractivity contribution in [2.75, 3.05) is 13.1 Å². The number of aliphatic carboxylic acids is 1. The van der Waals surface area contributed by atoms with Crippen LogP contribution in [0.15, 0.2) is 0 Å². The number of nitrogens with zero attached hydrogens (tertiary/aromatic N) is 1. The monoisotopic (exact) mass is 283 g/mol. The number of hydrogen-bond donors (Lipinski definition) is 1. The van der Waals surface area contributed by atoms with Gasteiger partial charge in [0.05, 0.1) is 5.92 Å². The van der Waals surface area contributed by atoms with Gasteiger partial charge in [-0.25, -0.2) is 0 Å². The molecule has 0 bridgehead atoms. The molecule has 0 aromatic rings. The summed E-state index contributed by atoms with van der Waals surface area (Å²) in [4.78, 5) is 14.0. The summed E-state index contributed by atoms with van der Waals surface area (Å²) >= 11 is 0. The molecule has 0 radical (unpaired) electrons. The van der Waals surface area contributed by atoms with Crippen molar-refractivity contribution >= 4 is 5.97 Å². The van der Waals surface area contributed by atoms with Crippen molar-refractivity contribution in [3.63, 3.8) is 0 Å². The summed E-state index contributed by atoms with van der Waals surface area (Å²) in [7, 11) is 0. The number of carbonyl (C=O) groups is 1. The molecule has 0 amide bonds. The molecule has 0 aliphatic heterocycles. The molecule has 0 aromatic heterocycles. The molecule has 0 spiro atoms. The van der Waals surface area contributed by atoms with E-state index < -0.39 is 5.97 Å². The average molecular weight is 283 g/mol. The van der Waals surface area contributed by atoms with Gasteiger partial charge in [-0.3, -0.25) is 9.69 Å². The van der Waals surface area contributed by atoms with E-state index >= 15 is 0 Å². The van der Waals surface area contributed by atoms with E-state index in [4.69, 9.17) is 0 Å². The molecule has 1 N–H and O–H groups in total. The predicted octanol–water partition coefficient (Wildman–Crippen LogP) is 4.02. The lowest BCUT2D eigenvalue weighted by atomic mass is 9.75. The summed E-state index contributed by atoms with van der Waals surface area (Å²) in [6.07, 6.45) is 6.68. The molecule has 118 valence electrons. The second kappa shape index (κ2) is 8.66. The highest BCUT2D eigenvalue weighted by Crippen LogP contribution is 2.35. The molecule has 1 aliphatic rings. The van der Waals surface area contributed by atoms with Gasteiger partial charge in [0.1, 0.15) is 0 Å². The molecular weight excluding hydrogens is 250 g/mol. The molecule has 20 heavy (non-hydrogen) atoms. The molecule has 4 unspecified atom stereocenters. The van der Waals surface area contributed by atoms with Gasteiger partial charge in [0.25, 0.3) is 0 Å². The second-order valence-electron chi connectivity index (χ2n) is 6.58. The zero-order valence-electron chi connectivity index (χ0n) is 13.8. The van der Waals surface area contributed by atoms with Crippen molar-refractivity contribution in [3.05, 3.63) is 0 Å². The summed E-state index contributed by atoms with van der Waals surface area (Å²) in [5, 5.41) is 9.53. The quantitative estimate of drug-likeness (QED) is 0.731. The molecule has 1 aliphatic carbocycles. The van der Waals surface area contributed by atoms with Crippen LogP contribution >= 0.6 is 0 Å². The van der Waals surface area contributed by atoms with E-state index in [1.807, 2.05) is 0 Å². The van der Waals surface area contributed by atoms with Crippen LogP contribution in [0.3, 0.4) is 0 Å². The van der Waals surface area contributed by atoms with Crippen molar-refractivity contribution in [1.29, 1.82) is 0 Å². The zero-order valence-corrected chi connectivity index (χ0v) is 13.8. The van der Waals surface area contributed by atoms with Crippen LogP contribution in [-0.2, 0) is 4.79 Å². The van der Waals surface area contributed by atoms with Crippen LogP contribution in [-0.4, -0.2) is 35.1 Å². The van der Waals surface area contributed by atoms with Crippen LogP contribution in [0.5, 0.6) is 0 Å². The Bertz CT molecular complexity index is 293. The molecule has 4 atom stereocenters. The molecule has 1 rings (SSSR count). The highest BCUT2D eigenvalue weighted by molar-refractivity contribution is 5.71. The van der Waals surface area contributed by atoms with Gasteiger partial charge in [0, 0.05) is 12.6 Å². The Morgan fingerprint density at radius 1 is 1.30 bits per heavy atom. The first kappa shape index (κ1) is 17.5. The summed E-state index contributed by atoms with van der Waals surface area (Å²) in [5.74, 6) is 0.627. The minimum absolute atomic E-state index is 0.160. The Morgan fingerprint density at radius 3 is 2.50 bits per heavy atom. The first-order chi connectivity index (χ1) is 9.53. The van der Waals surface area contributed by atoms with E-state index in [2.05, 4.69) is 32.6 Å². The van der Waals surface area contributed by atoms with E-state index in [0.29, 0.717) is 5.92 Å². The van der Waals surface area contributed by atoms with E-state index in [-0.39, 0.29) is 12.0 Å². The van der Waals surface area contributed by atoms with Crippen molar-refractivity contribution in [2.24, 2.45) is 17.8 Å². The molecule has 3 heteroatoms. The molecule has 0 heterocycles. The van der Waals surface area contributed by atoms with Gasteiger partial charge in [-0.2, -0.15) is 0 Å². The summed E-state index contributed by atoms with van der Waals surface area (Å²) in [6, 6.07) is 0.247. The lowest BCUT2D eigenvalue weighted by Crippen LogP contribution is -2.48. The van der Waals surface area contributed by atoms with Gasteiger partial charge < -0.3 is 5.11 Å². The standard InChI is InChI=1S/C17H33NO2/c1-5-8-14-9-10-15(17(19)20)16(11-14)18(7-3)12-13(4)6-2/h13-16H,5-12H2,1-4H3,(H,19,20). The van der Waals surface area contributed by atoms with E-state index in [0.717, 1.165) is 38.3 Å². The third kappa shape index (κ3) is 4.76. The predicted molar refractivity (Wildman–Crippen MR) is 83.9 cm³/mol. The zero-order chi connectivity index (χ0) is 15.1. The Balaban J connectivity index is 2.77. The number of carboxylic acids is 1. The minimum atomic E-state index is -0.590. The van der Waals surface area contributed by atoms with Crippen molar-refractivity contribution in [3.8, 4) is 0 Å². The Labute approximate surface area is 124 Å². The fourth-order valence-corrected chi connectivity index (χ4v) is 3.62. The maximum Gasteiger partial charge on any atom is 0.308 e. The van der Waals surface area contributed by atoms with Gasteiger partial charge in [-0.1, -0.05) is 47.0 Å². The van der Waals surface area contributed by atoms with Crippen molar-refractivity contribution < 1.29 is 9.90 Å². The first-order valence-electron chi connectivity index (χ1n) is 8.50. The maximum atomic E-state index is 11.6. The van der Waals surface area contributed by atoms with Gasteiger partial charge in [0.15, 0.2) is 0 Å². The molecule has 1 saturated carbocycles. The summed E-state index contributed by atoms with van der Waals surface area (Å²) < 4.78 is 0.